The van der Waals surface area contributed by atoms with Gasteiger partial charge in [-0.05, 0) is 37.5 Å². The van der Waals surface area contributed by atoms with E-state index < -0.39 is 0 Å². The molecule has 5 heteroatoms. The molecule has 1 aromatic carbocycles. The topological polar surface area (TPSA) is 37.8 Å². The van der Waals surface area contributed by atoms with E-state index in [-0.39, 0.29) is 0 Å². The molecule has 2 aromatic heterocycles. The first-order valence-electron chi connectivity index (χ1n) is 7.75. The quantitative estimate of drug-likeness (QED) is 0.594. The van der Waals surface area contributed by atoms with Crippen molar-refractivity contribution in [2.75, 3.05) is 11.1 Å². The fraction of sp³-hybridized carbons (Fsp3) is 0.333. The second kappa shape index (κ2) is 6.89. The van der Waals surface area contributed by atoms with Crippen molar-refractivity contribution in [2.45, 2.75) is 32.6 Å². The summed E-state index contributed by atoms with van der Waals surface area (Å²) in [6.45, 7) is 8.77. The zero-order chi connectivity index (χ0) is 16.4. The number of hydrogen-bond donors (Lipinski definition) is 1. The van der Waals surface area contributed by atoms with Gasteiger partial charge in [0.25, 0.3) is 0 Å². The third-order valence-electron chi connectivity index (χ3n) is 3.68. The number of benzene rings is 1. The largest absolute Gasteiger partial charge is 0.339 e. The number of aryl methyl sites for hydroxylation is 2. The Morgan fingerprint density at radius 2 is 1.96 bits per heavy atom. The van der Waals surface area contributed by atoms with E-state index in [1.807, 2.05) is 11.8 Å². The van der Waals surface area contributed by atoms with Gasteiger partial charge >= 0.3 is 0 Å². The first-order valence-corrected chi connectivity index (χ1v) is 9.56. The van der Waals surface area contributed by atoms with Crippen molar-refractivity contribution in [1.82, 2.24) is 9.97 Å². The van der Waals surface area contributed by atoms with Crippen LogP contribution in [-0.2, 0) is 0 Å². The summed E-state index contributed by atoms with van der Waals surface area (Å²) in [5, 5.41) is 4.67. The van der Waals surface area contributed by atoms with Gasteiger partial charge in [0.1, 0.15) is 17.0 Å². The smallest absolute Gasteiger partial charge is 0.142 e. The fourth-order valence-electron chi connectivity index (χ4n) is 2.36. The Hall–Kier alpha value is -1.59. The van der Waals surface area contributed by atoms with Crippen LogP contribution in [-0.4, -0.2) is 15.7 Å². The third kappa shape index (κ3) is 3.51. The summed E-state index contributed by atoms with van der Waals surface area (Å²) in [7, 11) is 0. The monoisotopic (exact) mass is 343 g/mol. The number of hydrogen-bond acceptors (Lipinski definition) is 5. The molecule has 0 aliphatic rings. The van der Waals surface area contributed by atoms with Gasteiger partial charge in [-0.25, -0.2) is 9.97 Å². The predicted molar refractivity (Wildman–Crippen MR) is 102 cm³/mol. The van der Waals surface area contributed by atoms with Crippen molar-refractivity contribution < 1.29 is 0 Å². The molecule has 0 amide bonds. The van der Waals surface area contributed by atoms with Gasteiger partial charge in [-0.1, -0.05) is 26.0 Å². The van der Waals surface area contributed by atoms with Gasteiger partial charge in [-0.3, -0.25) is 0 Å². The van der Waals surface area contributed by atoms with E-state index in [0.29, 0.717) is 5.92 Å². The first-order chi connectivity index (χ1) is 11.1. The fourth-order valence-corrected chi connectivity index (χ4v) is 4.32. The molecule has 0 fully saturated rings. The molecule has 0 saturated heterocycles. The molecule has 0 bridgehead atoms. The number of aromatic nitrogens is 2. The maximum absolute atomic E-state index is 4.49. The van der Waals surface area contributed by atoms with Gasteiger partial charge in [0, 0.05) is 15.5 Å². The van der Waals surface area contributed by atoms with Crippen molar-refractivity contribution in [2.24, 2.45) is 5.92 Å². The second-order valence-electron chi connectivity index (χ2n) is 6.01. The normalized spacial score (nSPS) is 11.3. The summed E-state index contributed by atoms with van der Waals surface area (Å²) >= 11 is 3.61. The Kier molecular flexibility index (Phi) is 4.87. The Labute approximate surface area is 145 Å². The van der Waals surface area contributed by atoms with Gasteiger partial charge in [0.15, 0.2) is 0 Å². The van der Waals surface area contributed by atoms with Gasteiger partial charge < -0.3 is 5.32 Å². The van der Waals surface area contributed by atoms with Crippen LogP contribution in [0.1, 0.15) is 24.3 Å². The molecule has 0 aliphatic heterocycles. The minimum Gasteiger partial charge on any atom is -0.339 e. The number of para-hydroxylation sites is 1. The molecule has 0 radical (unpaired) electrons. The molecular weight excluding hydrogens is 322 g/mol. The molecular formula is C18H21N3S2. The molecule has 120 valence electrons. The lowest BCUT2D eigenvalue weighted by Crippen LogP contribution is -1.98. The lowest BCUT2D eigenvalue weighted by molar-refractivity contribution is 0.750. The number of nitrogens with zero attached hydrogens (tertiary/aromatic N) is 2. The van der Waals surface area contributed by atoms with Crippen LogP contribution in [0, 0.1) is 19.8 Å². The van der Waals surface area contributed by atoms with E-state index in [9.17, 15) is 0 Å². The lowest BCUT2D eigenvalue weighted by atomic mass is 10.2. The van der Waals surface area contributed by atoms with Gasteiger partial charge in [-0.15, -0.1) is 23.1 Å². The van der Waals surface area contributed by atoms with Crippen LogP contribution >= 0.6 is 23.1 Å². The number of thioether (sulfide) groups is 1. The summed E-state index contributed by atoms with van der Waals surface area (Å²) in [5.74, 6) is 2.67. The van der Waals surface area contributed by atoms with Crippen LogP contribution < -0.4 is 5.32 Å². The second-order valence-corrected chi connectivity index (χ2v) is 8.28. The van der Waals surface area contributed by atoms with Crippen molar-refractivity contribution in [3.05, 3.63) is 41.0 Å². The average Bonchev–Trinajstić information content (AvgIpc) is 2.82. The van der Waals surface area contributed by atoms with Crippen LogP contribution in [0.2, 0.25) is 0 Å². The zero-order valence-electron chi connectivity index (χ0n) is 13.9. The molecule has 0 unspecified atom stereocenters. The minimum atomic E-state index is 0.667. The summed E-state index contributed by atoms with van der Waals surface area (Å²) < 4.78 is 0. The summed E-state index contributed by atoms with van der Waals surface area (Å²) in [6.07, 6.45) is 1.64. The Bertz CT molecular complexity index is 824. The number of nitrogens with one attached hydrogen (secondary N) is 1. The summed E-state index contributed by atoms with van der Waals surface area (Å²) in [6, 6.07) is 8.43. The number of anilines is 2. The van der Waals surface area contributed by atoms with Crippen molar-refractivity contribution >= 4 is 44.8 Å². The molecule has 0 atom stereocenters. The molecule has 0 saturated carbocycles. The van der Waals surface area contributed by atoms with E-state index in [2.05, 4.69) is 67.2 Å². The first kappa shape index (κ1) is 16.3. The van der Waals surface area contributed by atoms with Crippen molar-refractivity contribution in [1.29, 1.82) is 0 Å². The van der Waals surface area contributed by atoms with E-state index in [4.69, 9.17) is 0 Å². The van der Waals surface area contributed by atoms with Crippen LogP contribution in [0.5, 0.6) is 0 Å². The highest BCUT2D eigenvalue weighted by Gasteiger charge is 2.13. The number of fused-ring (bicyclic) bond motifs is 1. The highest BCUT2D eigenvalue weighted by molar-refractivity contribution is 7.99. The molecule has 3 aromatic rings. The molecule has 3 nitrogen and oxygen atoms in total. The predicted octanol–water partition coefficient (Wildman–Crippen LogP) is 5.80. The van der Waals surface area contributed by atoms with Gasteiger partial charge in [0.2, 0.25) is 0 Å². The molecule has 23 heavy (non-hydrogen) atoms. The Morgan fingerprint density at radius 1 is 1.17 bits per heavy atom. The lowest BCUT2D eigenvalue weighted by Gasteiger charge is -2.13. The average molecular weight is 344 g/mol. The highest BCUT2D eigenvalue weighted by Crippen LogP contribution is 2.36. The van der Waals surface area contributed by atoms with Crippen LogP contribution in [0.15, 0.2) is 35.5 Å². The van der Waals surface area contributed by atoms with Crippen molar-refractivity contribution in [3.8, 4) is 0 Å². The number of thiophene rings is 1. The maximum Gasteiger partial charge on any atom is 0.142 e. The van der Waals surface area contributed by atoms with Gasteiger partial charge in [0.05, 0.1) is 11.1 Å². The van der Waals surface area contributed by atoms with Crippen LogP contribution in [0.4, 0.5) is 11.5 Å². The molecule has 3 rings (SSSR count). The highest BCUT2D eigenvalue weighted by atomic mass is 32.2. The Balaban J connectivity index is 1.97. The molecule has 1 N–H and O–H groups in total. The Morgan fingerprint density at radius 3 is 2.74 bits per heavy atom. The maximum atomic E-state index is 4.49. The van der Waals surface area contributed by atoms with E-state index in [1.54, 1.807) is 17.7 Å². The third-order valence-corrected chi connectivity index (χ3v) is 6.29. The van der Waals surface area contributed by atoms with Gasteiger partial charge in [-0.2, -0.15) is 0 Å². The van der Waals surface area contributed by atoms with E-state index >= 15 is 0 Å². The zero-order valence-corrected chi connectivity index (χ0v) is 15.5. The minimum absolute atomic E-state index is 0.667. The van der Waals surface area contributed by atoms with Crippen LogP contribution in [0.3, 0.4) is 0 Å². The van der Waals surface area contributed by atoms with E-state index in [0.717, 1.165) is 27.5 Å². The molecule has 0 aliphatic carbocycles. The van der Waals surface area contributed by atoms with Crippen molar-refractivity contribution in [3.63, 3.8) is 0 Å². The summed E-state index contributed by atoms with van der Waals surface area (Å²) in [5.41, 5.74) is 2.38. The number of rotatable bonds is 5. The standard InChI is InChI=1S/C18H21N3S2/c1-11(2)9-22-15-8-6-5-7-14(15)21-17-16-12(3)13(4)23-18(16)20-10-19-17/h5-8,10-11H,9H2,1-4H3,(H,19,20,21). The van der Waals surface area contributed by atoms with E-state index in [1.165, 1.54) is 15.3 Å². The SMILES string of the molecule is Cc1sc2ncnc(Nc3ccccc3SCC(C)C)c2c1C. The summed E-state index contributed by atoms with van der Waals surface area (Å²) in [4.78, 5) is 12.5. The molecule has 0 spiro atoms. The molecule has 2 heterocycles. The van der Waals surface area contributed by atoms with Crippen LogP contribution in [0.25, 0.3) is 10.2 Å².